The maximum atomic E-state index is 12.1. The van der Waals surface area contributed by atoms with Crippen molar-refractivity contribution in [3.8, 4) is 0 Å². The molecule has 10 heteroatoms. The van der Waals surface area contributed by atoms with E-state index in [0.29, 0.717) is 12.3 Å². The van der Waals surface area contributed by atoms with E-state index in [1.807, 2.05) is 6.92 Å². The molecule has 9 nitrogen and oxygen atoms in total. The summed E-state index contributed by atoms with van der Waals surface area (Å²) in [5, 5.41) is 10.7. The predicted octanol–water partition coefficient (Wildman–Crippen LogP) is 0.899. The van der Waals surface area contributed by atoms with Gasteiger partial charge in [0.25, 0.3) is 5.22 Å². The minimum Gasteiger partial charge on any atom is -0.416 e. The highest BCUT2D eigenvalue weighted by Crippen LogP contribution is 2.21. The normalized spacial score (nSPS) is 17.9. The van der Waals surface area contributed by atoms with Gasteiger partial charge in [-0.1, -0.05) is 18.7 Å². The Kier molecular flexibility index (Phi) is 6.07. The van der Waals surface area contributed by atoms with Crippen LogP contribution in [0.25, 0.3) is 0 Å². The minimum atomic E-state index is -0.598. The zero-order valence-corrected chi connectivity index (χ0v) is 14.6. The van der Waals surface area contributed by atoms with Crippen molar-refractivity contribution in [2.24, 2.45) is 10.9 Å². The Bertz CT molecular complexity index is 672. The molecule has 1 atom stereocenters. The second kappa shape index (κ2) is 8.04. The fraction of sp³-hybridized carbons (Fsp3) is 0.571. The molecule has 0 bridgehead atoms. The number of aromatic nitrogens is 2. The number of carbonyl (C=O) groups excluding carboxylic acids is 3. The lowest BCUT2D eigenvalue weighted by Crippen LogP contribution is -2.44. The lowest BCUT2D eigenvalue weighted by molar-refractivity contribution is -0.129. The number of amides is 4. The smallest absolute Gasteiger partial charge is 0.349 e. The first-order chi connectivity index (χ1) is 11.4. The van der Waals surface area contributed by atoms with Gasteiger partial charge >= 0.3 is 6.03 Å². The monoisotopic (exact) mass is 353 g/mol. The van der Waals surface area contributed by atoms with Crippen LogP contribution in [-0.4, -0.2) is 58.0 Å². The van der Waals surface area contributed by atoms with Crippen molar-refractivity contribution >= 4 is 35.3 Å². The highest BCUT2D eigenvalue weighted by Gasteiger charge is 2.34. The van der Waals surface area contributed by atoms with Crippen LogP contribution in [0, 0.1) is 5.92 Å². The number of thioether (sulfide) groups is 1. The molecule has 0 saturated heterocycles. The number of nitrogens with zero attached hydrogens (tertiary/aromatic N) is 4. The van der Waals surface area contributed by atoms with E-state index in [0.717, 1.165) is 23.1 Å². The van der Waals surface area contributed by atoms with E-state index >= 15 is 0 Å². The Morgan fingerprint density at radius 2 is 2.12 bits per heavy atom. The van der Waals surface area contributed by atoms with Crippen LogP contribution in [0.4, 0.5) is 4.79 Å². The third-order valence-electron chi connectivity index (χ3n) is 3.42. The van der Waals surface area contributed by atoms with Gasteiger partial charge in [-0.05, 0) is 13.3 Å². The summed E-state index contributed by atoms with van der Waals surface area (Å²) in [6, 6.07) is -0.575. The average molecular weight is 353 g/mol. The SMILES string of the molecule is CCCNC(=O)CSc1nnc(CC2C(=O)N(C)C(=O)N=C2C)o1. The van der Waals surface area contributed by atoms with Gasteiger partial charge in [0.15, 0.2) is 0 Å². The van der Waals surface area contributed by atoms with E-state index in [9.17, 15) is 14.4 Å². The van der Waals surface area contributed by atoms with Crippen LogP contribution >= 0.6 is 11.8 Å². The van der Waals surface area contributed by atoms with Gasteiger partial charge < -0.3 is 9.73 Å². The van der Waals surface area contributed by atoms with E-state index in [-0.39, 0.29) is 35.1 Å². The Morgan fingerprint density at radius 3 is 2.83 bits per heavy atom. The number of aliphatic imine (C=N–C) groups is 1. The summed E-state index contributed by atoms with van der Waals surface area (Å²) >= 11 is 1.13. The van der Waals surface area contributed by atoms with Crippen LogP contribution in [-0.2, 0) is 16.0 Å². The largest absolute Gasteiger partial charge is 0.416 e. The third-order valence-corrected chi connectivity index (χ3v) is 4.24. The van der Waals surface area contributed by atoms with Gasteiger partial charge in [0.2, 0.25) is 17.7 Å². The second-order valence-electron chi connectivity index (χ2n) is 5.29. The Hall–Kier alpha value is -2.23. The first kappa shape index (κ1) is 18.1. The van der Waals surface area contributed by atoms with Crippen LogP contribution in [0.2, 0.25) is 0 Å². The Labute approximate surface area is 143 Å². The number of hydrogen-bond donors (Lipinski definition) is 1. The van der Waals surface area contributed by atoms with Crippen molar-refractivity contribution in [1.82, 2.24) is 20.4 Å². The number of carbonyl (C=O) groups is 3. The third kappa shape index (κ3) is 4.40. The predicted molar refractivity (Wildman–Crippen MR) is 86.8 cm³/mol. The van der Waals surface area contributed by atoms with Gasteiger partial charge in [0.05, 0.1) is 11.7 Å². The molecule has 0 spiro atoms. The van der Waals surface area contributed by atoms with Gasteiger partial charge in [-0.2, -0.15) is 0 Å². The van der Waals surface area contributed by atoms with Gasteiger partial charge in [-0.25, -0.2) is 9.79 Å². The molecule has 0 aromatic carbocycles. The topological polar surface area (TPSA) is 118 Å². The summed E-state index contributed by atoms with van der Waals surface area (Å²) in [4.78, 5) is 39.9. The summed E-state index contributed by atoms with van der Waals surface area (Å²) in [6.07, 6.45) is 1.04. The molecule has 2 rings (SSSR count). The molecule has 1 unspecified atom stereocenters. The molecule has 1 aromatic heterocycles. The van der Waals surface area contributed by atoms with Crippen LogP contribution in [0.5, 0.6) is 0 Å². The van der Waals surface area contributed by atoms with Crippen LogP contribution < -0.4 is 5.32 Å². The number of nitrogens with one attached hydrogen (secondary N) is 1. The standard InChI is InChI=1S/C14H19N5O4S/c1-4-5-15-10(20)7-24-14-18-17-11(23-14)6-9-8(2)16-13(22)19(3)12(9)21/h9H,4-7H2,1-3H3,(H,15,20). The van der Waals surface area contributed by atoms with Crippen molar-refractivity contribution in [3.05, 3.63) is 5.89 Å². The molecular formula is C14H19N5O4S. The van der Waals surface area contributed by atoms with Gasteiger partial charge in [0.1, 0.15) is 0 Å². The van der Waals surface area contributed by atoms with E-state index in [1.54, 1.807) is 6.92 Å². The molecule has 0 saturated carbocycles. The molecule has 130 valence electrons. The van der Waals surface area contributed by atoms with E-state index in [2.05, 4.69) is 20.5 Å². The quantitative estimate of drug-likeness (QED) is 0.723. The lowest BCUT2D eigenvalue weighted by atomic mass is 9.97. The molecule has 0 radical (unpaired) electrons. The highest BCUT2D eigenvalue weighted by molar-refractivity contribution is 7.99. The Morgan fingerprint density at radius 1 is 1.38 bits per heavy atom. The molecule has 1 aromatic rings. The van der Waals surface area contributed by atoms with Crippen molar-refractivity contribution < 1.29 is 18.8 Å². The van der Waals surface area contributed by atoms with E-state index in [4.69, 9.17) is 4.42 Å². The first-order valence-corrected chi connectivity index (χ1v) is 8.49. The zero-order valence-electron chi connectivity index (χ0n) is 13.7. The van der Waals surface area contributed by atoms with Gasteiger partial charge in [-0.15, -0.1) is 10.2 Å². The van der Waals surface area contributed by atoms with Crippen molar-refractivity contribution in [2.75, 3.05) is 19.3 Å². The lowest BCUT2D eigenvalue weighted by Gasteiger charge is -2.24. The minimum absolute atomic E-state index is 0.104. The molecule has 1 aliphatic heterocycles. The maximum absolute atomic E-state index is 12.1. The first-order valence-electron chi connectivity index (χ1n) is 7.51. The molecule has 0 aliphatic carbocycles. The van der Waals surface area contributed by atoms with Crippen LogP contribution in [0.1, 0.15) is 26.2 Å². The molecule has 1 N–H and O–H groups in total. The summed E-state index contributed by atoms with van der Waals surface area (Å²) in [6.45, 7) is 4.22. The molecule has 0 fully saturated rings. The number of imide groups is 1. The summed E-state index contributed by atoms with van der Waals surface area (Å²) in [7, 11) is 1.39. The number of urea groups is 1. The fourth-order valence-electron chi connectivity index (χ4n) is 2.04. The van der Waals surface area contributed by atoms with Gasteiger partial charge in [-0.3, -0.25) is 14.5 Å². The van der Waals surface area contributed by atoms with Crippen LogP contribution in [0.15, 0.2) is 14.6 Å². The van der Waals surface area contributed by atoms with Crippen molar-refractivity contribution in [2.45, 2.75) is 31.9 Å². The maximum Gasteiger partial charge on any atom is 0.349 e. The number of hydrogen-bond acceptors (Lipinski definition) is 7. The van der Waals surface area contributed by atoms with E-state index in [1.165, 1.54) is 7.05 Å². The van der Waals surface area contributed by atoms with Crippen molar-refractivity contribution in [1.29, 1.82) is 0 Å². The fourth-order valence-corrected chi connectivity index (χ4v) is 2.65. The molecule has 4 amide bonds. The molecular weight excluding hydrogens is 334 g/mol. The Balaban J connectivity index is 1.94. The summed E-state index contributed by atoms with van der Waals surface area (Å²) in [5.41, 5.74) is 0.425. The highest BCUT2D eigenvalue weighted by atomic mass is 32.2. The number of rotatable bonds is 7. The zero-order chi connectivity index (χ0) is 17.7. The van der Waals surface area contributed by atoms with E-state index < -0.39 is 11.9 Å². The van der Waals surface area contributed by atoms with Gasteiger partial charge in [0, 0.05) is 25.7 Å². The molecule has 1 aliphatic rings. The second-order valence-corrected chi connectivity index (χ2v) is 6.22. The average Bonchev–Trinajstić information content (AvgIpc) is 3.00. The van der Waals surface area contributed by atoms with Crippen molar-refractivity contribution in [3.63, 3.8) is 0 Å². The molecule has 2 heterocycles. The molecule has 24 heavy (non-hydrogen) atoms. The van der Waals surface area contributed by atoms with Crippen LogP contribution in [0.3, 0.4) is 0 Å². The summed E-state index contributed by atoms with van der Waals surface area (Å²) < 4.78 is 5.45. The summed E-state index contributed by atoms with van der Waals surface area (Å²) in [5.74, 6) is -0.603.